The number of nitrogens with one attached hydrogen (secondary N) is 1. The number of carbonyl (C=O) groups excluding carboxylic acids is 2. The van der Waals surface area contributed by atoms with Crippen LogP contribution in [-0.4, -0.2) is 31.2 Å². The minimum Gasteiger partial charge on any atom is -0.490 e. The first-order valence-corrected chi connectivity index (χ1v) is 9.15. The Balaban J connectivity index is 1.58. The van der Waals surface area contributed by atoms with Crippen LogP contribution in [0.25, 0.3) is 6.08 Å². The molecule has 0 aliphatic carbocycles. The zero-order chi connectivity index (χ0) is 20.6. The molecule has 3 rings (SSSR count). The number of carbonyl (C=O) groups is 2. The van der Waals surface area contributed by atoms with Crippen LogP contribution in [0.4, 0.5) is 5.69 Å². The van der Waals surface area contributed by atoms with Crippen molar-refractivity contribution in [2.45, 2.75) is 19.4 Å². The number of ether oxygens (including phenoxy) is 3. The molecule has 0 spiro atoms. The van der Waals surface area contributed by atoms with Gasteiger partial charge in [0.25, 0.3) is 5.91 Å². The molecule has 1 atom stereocenters. The highest BCUT2D eigenvalue weighted by atomic mass is 16.5. The van der Waals surface area contributed by atoms with Gasteiger partial charge in [-0.1, -0.05) is 18.2 Å². The fourth-order valence-corrected chi connectivity index (χ4v) is 2.64. The van der Waals surface area contributed by atoms with E-state index in [2.05, 4.69) is 5.32 Å². The van der Waals surface area contributed by atoms with E-state index in [1.54, 1.807) is 48.5 Å². The topological polar surface area (TPSA) is 97.7 Å². The third-order valence-corrected chi connectivity index (χ3v) is 4.15. The maximum Gasteiger partial charge on any atom is 0.331 e. The van der Waals surface area contributed by atoms with Crippen molar-refractivity contribution in [3.63, 3.8) is 0 Å². The van der Waals surface area contributed by atoms with E-state index in [-0.39, 0.29) is 0 Å². The van der Waals surface area contributed by atoms with Gasteiger partial charge < -0.3 is 19.5 Å². The summed E-state index contributed by atoms with van der Waals surface area (Å²) in [5.41, 5.74) is 1.44. The van der Waals surface area contributed by atoms with Crippen molar-refractivity contribution in [3.05, 3.63) is 59.7 Å². The van der Waals surface area contributed by atoms with Crippen molar-refractivity contribution in [2.75, 3.05) is 18.5 Å². The molecule has 2 aromatic carbocycles. The van der Waals surface area contributed by atoms with E-state index in [0.717, 1.165) is 12.0 Å². The van der Waals surface area contributed by atoms with Gasteiger partial charge >= 0.3 is 5.97 Å². The normalized spacial score (nSPS) is 13.8. The van der Waals surface area contributed by atoms with Crippen LogP contribution in [0.15, 0.2) is 48.5 Å². The highest BCUT2D eigenvalue weighted by Crippen LogP contribution is 2.30. The van der Waals surface area contributed by atoms with E-state index in [9.17, 15) is 9.59 Å². The van der Waals surface area contributed by atoms with Gasteiger partial charge in [-0.2, -0.15) is 5.26 Å². The molecular formula is C22H20N2O5. The van der Waals surface area contributed by atoms with Crippen molar-refractivity contribution in [1.82, 2.24) is 0 Å². The van der Waals surface area contributed by atoms with E-state index in [1.807, 2.05) is 6.07 Å². The minimum atomic E-state index is -1.03. The summed E-state index contributed by atoms with van der Waals surface area (Å²) in [5, 5.41) is 11.7. The summed E-state index contributed by atoms with van der Waals surface area (Å²) < 4.78 is 16.3. The molecular weight excluding hydrogens is 372 g/mol. The van der Waals surface area contributed by atoms with Crippen LogP contribution in [0.3, 0.4) is 0 Å². The molecule has 0 unspecified atom stereocenters. The van der Waals surface area contributed by atoms with E-state index >= 15 is 0 Å². The Kier molecular flexibility index (Phi) is 6.48. The van der Waals surface area contributed by atoms with E-state index < -0.39 is 18.0 Å². The Morgan fingerprint density at radius 2 is 1.93 bits per heavy atom. The number of benzene rings is 2. The number of hydrogen-bond acceptors (Lipinski definition) is 6. The SMILES string of the molecule is C[C@@H](OC(=O)/C=C/c1ccc2c(c1)OCCCO2)C(=O)Nc1ccccc1C#N. The largest absolute Gasteiger partial charge is 0.490 e. The maximum absolute atomic E-state index is 12.2. The highest BCUT2D eigenvalue weighted by Gasteiger charge is 2.18. The van der Waals surface area contributed by atoms with Crippen LogP contribution < -0.4 is 14.8 Å². The van der Waals surface area contributed by atoms with Crippen molar-refractivity contribution in [3.8, 4) is 17.6 Å². The number of nitrogens with zero attached hydrogens (tertiary/aromatic N) is 1. The van der Waals surface area contributed by atoms with Crippen LogP contribution in [0, 0.1) is 11.3 Å². The van der Waals surface area contributed by atoms with Crippen LogP contribution in [0.1, 0.15) is 24.5 Å². The number of fused-ring (bicyclic) bond motifs is 1. The quantitative estimate of drug-likeness (QED) is 0.619. The molecule has 1 amide bonds. The summed E-state index contributed by atoms with van der Waals surface area (Å²) >= 11 is 0. The van der Waals surface area contributed by atoms with Crippen LogP contribution in [-0.2, 0) is 14.3 Å². The minimum absolute atomic E-state index is 0.327. The van der Waals surface area contributed by atoms with Crippen molar-refractivity contribution >= 4 is 23.6 Å². The third kappa shape index (κ3) is 5.36. The lowest BCUT2D eigenvalue weighted by atomic mass is 10.2. The second-order valence-electron chi connectivity index (χ2n) is 6.32. The predicted octanol–water partition coefficient (Wildman–Crippen LogP) is 3.30. The second-order valence-corrected chi connectivity index (χ2v) is 6.32. The summed E-state index contributed by atoms with van der Waals surface area (Å²) in [6, 6.07) is 13.9. The summed E-state index contributed by atoms with van der Waals surface area (Å²) in [6.45, 7) is 2.64. The lowest BCUT2D eigenvalue weighted by Crippen LogP contribution is -2.29. The molecule has 29 heavy (non-hydrogen) atoms. The molecule has 1 N–H and O–H groups in total. The van der Waals surface area contributed by atoms with Gasteiger partial charge in [-0.25, -0.2) is 4.79 Å². The zero-order valence-electron chi connectivity index (χ0n) is 15.9. The van der Waals surface area contributed by atoms with E-state index in [0.29, 0.717) is 36.0 Å². The van der Waals surface area contributed by atoms with Gasteiger partial charge in [0.2, 0.25) is 0 Å². The smallest absolute Gasteiger partial charge is 0.331 e. The maximum atomic E-state index is 12.2. The zero-order valence-corrected chi connectivity index (χ0v) is 15.9. The lowest BCUT2D eigenvalue weighted by Gasteiger charge is -2.13. The molecule has 0 aromatic heterocycles. The Hall–Kier alpha value is -3.79. The fourth-order valence-electron chi connectivity index (χ4n) is 2.64. The van der Waals surface area contributed by atoms with Gasteiger partial charge in [-0.3, -0.25) is 4.79 Å². The molecule has 1 heterocycles. The molecule has 0 bridgehead atoms. The average Bonchev–Trinajstić information content (AvgIpc) is 2.97. The van der Waals surface area contributed by atoms with Crippen molar-refractivity contribution in [2.24, 2.45) is 0 Å². The molecule has 0 radical (unpaired) electrons. The molecule has 7 heteroatoms. The Bertz CT molecular complexity index is 977. The number of nitriles is 1. The molecule has 2 aromatic rings. The number of esters is 1. The molecule has 0 saturated heterocycles. The summed E-state index contributed by atoms with van der Waals surface area (Å²) in [5.74, 6) is 0.116. The first-order chi connectivity index (χ1) is 14.1. The van der Waals surface area contributed by atoms with Gasteiger partial charge in [0.15, 0.2) is 17.6 Å². The van der Waals surface area contributed by atoms with Gasteiger partial charge in [-0.15, -0.1) is 0 Å². The van der Waals surface area contributed by atoms with Crippen LogP contribution in [0.2, 0.25) is 0 Å². The predicted molar refractivity (Wildman–Crippen MR) is 106 cm³/mol. The van der Waals surface area contributed by atoms with E-state index in [4.69, 9.17) is 19.5 Å². The Morgan fingerprint density at radius 3 is 2.72 bits per heavy atom. The number of para-hydroxylation sites is 1. The van der Waals surface area contributed by atoms with E-state index in [1.165, 1.54) is 13.0 Å². The monoisotopic (exact) mass is 392 g/mol. The van der Waals surface area contributed by atoms with Crippen LogP contribution >= 0.6 is 0 Å². The standard InChI is InChI=1S/C22H20N2O5/c1-15(22(26)24-18-6-3-2-5-17(18)14-23)29-21(25)10-8-16-7-9-19-20(13-16)28-12-4-11-27-19/h2-3,5-10,13,15H,4,11-12H2,1H3,(H,24,26)/b10-8+/t15-/m1/s1. The highest BCUT2D eigenvalue weighted by molar-refractivity contribution is 5.97. The summed E-state index contributed by atoms with van der Waals surface area (Å²) in [6.07, 6.45) is 2.60. The molecule has 0 fully saturated rings. The van der Waals surface area contributed by atoms with Crippen molar-refractivity contribution < 1.29 is 23.8 Å². The average molecular weight is 392 g/mol. The molecule has 148 valence electrons. The molecule has 1 aliphatic heterocycles. The first-order valence-electron chi connectivity index (χ1n) is 9.15. The first kappa shape index (κ1) is 20.0. The lowest BCUT2D eigenvalue weighted by molar-refractivity contribution is -0.148. The molecule has 0 saturated carbocycles. The fraction of sp³-hybridized carbons (Fsp3) is 0.227. The van der Waals surface area contributed by atoms with Crippen molar-refractivity contribution in [1.29, 1.82) is 5.26 Å². The number of amides is 1. The number of anilines is 1. The number of hydrogen-bond donors (Lipinski definition) is 1. The summed E-state index contributed by atoms with van der Waals surface area (Å²) in [7, 11) is 0. The van der Waals surface area contributed by atoms with Gasteiger partial charge in [0.05, 0.1) is 24.5 Å². The third-order valence-electron chi connectivity index (χ3n) is 4.15. The van der Waals surface area contributed by atoms with Gasteiger partial charge in [0.1, 0.15) is 6.07 Å². The molecule has 7 nitrogen and oxygen atoms in total. The Morgan fingerprint density at radius 1 is 1.17 bits per heavy atom. The summed E-state index contributed by atoms with van der Waals surface area (Å²) in [4.78, 5) is 24.3. The van der Waals surface area contributed by atoms with Gasteiger partial charge in [0, 0.05) is 12.5 Å². The van der Waals surface area contributed by atoms with Gasteiger partial charge in [-0.05, 0) is 42.8 Å². The number of rotatable bonds is 5. The molecule has 1 aliphatic rings. The van der Waals surface area contributed by atoms with Crippen LogP contribution in [0.5, 0.6) is 11.5 Å². The second kappa shape index (κ2) is 9.42. The Labute approximate surface area is 168 Å².